The van der Waals surface area contributed by atoms with Crippen molar-refractivity contribution in [3.05, 3.63) is 71.8 Å². The summed E-state index contributed by atoms with van der Waals surface area (Å²) in [6.45, 7) is 3.20. The molecule has 1 spiro atoms. The summed E-state index contributed by atoms with van der Waals surface area (Å²) >= 11 is 0. The average Bonchev–Trinajstić information content (AvgIpc) is 2.69. The van der Waals surface area contributed by atoms with Crippen LogP contribution in [0.2, 0.25) is 0 Å². The Morgan fingerprint density at radius 3 is 2.16 bits per heavy atom. The SMILES string of the molecule is CC[C@H]1CCCC2(C1)C[C@H](c1ccccc1)[C@@H](c1ccccc1)CO2. The topological polar surface area (TPSA) is 9.23 Å². The van der Waals surface area contributed by atoms with Crippen molar-refractivity contribution < 1.29 is 4.74 Å². The Labute approximate surface area is 152 Å². The second-order valence-electron chi connectivity index (χ2n) is 8.10. The first-order valence-electron chi connectivity index (χ1n) is 10.0. The summed E-state index contributed by atoms with van der Waals surface area (Å²) in [4.78, 5) is 0. The molecule has 1 heterocycles. The number of hydrogen-bond acceptors (Lipinski definition) is 1. The largest absolute Gasteiger partial charge is 0.374 e. The Morgan fingerprint density at radius 2 is 1.52 bits per heavy atom. The van der Waals surface area contributed by atoms with Crippen molar-refractivity contribution in [1.82, 2.24) is 0 Å². The average molecular weight is 335 g/mol. The van der Waals surface area contributed by atoms with Crippen molar-refractivity contribution in [2.24, 2.45) is 5.92 Å². The minimum Gasteiger partial charge on any atom is -0.374 e. The molecule has 1 aliphatic carbocycles. The fourth-order valence-electron chi connectivity index (χ4n) is 5.17. The van der Waals surface area contributed by atoms with Crippen molar-refractivity contribution in [2.75, 3.05) is 6.61 Å². The predicted octanol–water partition coefficient (Wildman–Crippen LogP) is 6.31. The van der Waals surface area contributed by atoms with E-state index in [0.29, 0.717) is 11.8 Å². The van der Waals surface area contributed by atoms with Gasteiger partial charge in [0, 0.05) is 5.92 Å². The van der Waals surface area contributed by atoms with Gasteiger partial charge in [0.05, 0.1) is 12.2 Å². The van der Waals surface area contributed by atoms with E-state index in [0.717, 1.165) is 12.5 Å². The lowest BCUT2D eigenvalue weighted by Crippen LogP contribution is -2.45. The Balaban J connectivity index is 1.65. The molecular formula is C24H30O. The maximum Gasteiger partial charge on any atom is 0.0691 e. The smallest absolute Gasteiger partial charge is 0.0691 e. The number of ether oxygens (including phenoxy) is 1. The van der Waals surface area contributed by atoms with Gasteiger partial charge >= 0.3 is 0 Å². The van der Waals surface area contributed by atoms with E-state index in [4.69, 9.17) is 4.74 Å². The minimum atomic E-state index is 0.116. The molecule has 1 saturated heterocycles. The first kappa shape index (κ1) is 16.8. The van der Waals surface area contributed by atoms with E-state index in [1.165, 1.54) is 49.7 Å². The molecule has 2 aliphatic rings. The molecule has 1 unspecified atom stereocenters. The van der Waals surface area contributed by atoms with Crippen LogP contribution in [0, 0.1) is 5.92 Å². The van der Waals surface area contributed by atoms with Gasteiger partial charge in [-0.3, -0.25) is 0 Å². The third kappa shape index (κ3) is 3.53. The summed E-state index contributed by atoms with van der Waals surface area (Å²) in [5.41, 5.74) is 3.02. The third-order valence-corrected chi connectivity index (χ3v) is 6.58. The summed E-state index contributed by atoms with van der Waals surface area (Å²) < 4.78 is 6.66. The van der Waals surface area contributed by atoms with Gasteiger partial charge in [0.15, 0.2) is 0 Å². The molecule has 1 heteroatoms. The lowest BCUT2D eigenvalue weighted by Gasteiger charge is -2.49. The van der Waals surface area contributed by atoms with E-state index in [-0.39, 0.29) is 5.60 Å². The van der Waals surface area contributed by atoms with E-state index in [1.54, 1.807) is 0 Å². The van der Waals surface area contributed by atoms with Gasteiger partial charge in [-0.05, 0) is 42.2 Å². The monoisotopic (exact) mass is 334 g/mol. The highest BCUT2D eigenvalue weighted by atomic mass is 16.5. The highest BCUT2D eigenvalue weighted by Crippen LogP contribution is 2.50. The van der Waals surface area contributed by atoms with Crippen molar-refractivity contribution in [3.63, 3.8) is 0 Å². The van der Waals surface area contributed by atoms with Crippen LogP contribution in [0.15, 0.2) is 60.7 Å². The van der Waals surface area contributed by atoms with Crippen molar-refractivity contribution >= 4 is 0 Å². The summed E-state index contributed by atoms with van der Waals surface area (Å²) in [5, 5.41) is 0. The molecule has 1 nitrogen and oxygen atoms in total. The maximum atomic E-state index is 6.66. The Morgan fingerprint density at radius 1 is 0.880 bits per heavy atom. The van der Waals surface area contributed by atoms with Crippen LogP contribution in [-0.4, -0.2) is 12.2 Å². The zero-order valence-corrected chi connectivity index (χ0v) is 15.4. The first-order chi connectivity index (χ1) is 12.3. The quantitative estimate of drug-likeness (QED) is 0.639. The highest BCUT2D eigenvalue weighted by molar-refractivity contribution is 5.30. The number of benzene rings is 2. The van der Waals surface area contributed by atoms with E-state index < -0.39 is 0 Å². The Bertz CT molecular complexity index is 665. The van der Waals surface area contributed by atoms with E-state index in [2.05, 4.69) is 67.6 Å². The summed E-state index contributed by atoms with van der Waals surface area (Å²) in [6.07, 6.45) is 7.69. The Hall–Kier alpha value is -1.60. The molecule has 2 aromatic rings. The molecule has 25 heavy (non-hydrogen) atoms. The zero-order valence-electron chi connectivity index (χ0n) is 15.4. The summed E-state index contributed by atoms with van der Waals surface area (Å²) in [5.74, 6) is 1.88. The molecule has 0 radical (unpaired) electrons. The van der Waals surface area contributed by atoms with Crippen LogP contribution in [0.4, 0.5) is 0 Å². The molecule has 2 fully saturated rings. The summed E-state index contributed by atoms with van der Waals surface area (Å²) in [7, 11) is 0. The first-order valence-corrected chi connectivity index (χ1v) is 10.0. The molecule has 0 bridgehead atoms. The van der Waals surface area contributed by atoms with Gasteiger partial charge in [-0.25, -0.2) is 0 Å². The van der Waals surface area contributed by atoms with Gasteiger partial charge in [0.25, 0.3) is 0 Å². The van der Waals surface area contributed by atoms with Crippen LogP contribution < -0.4 is 0 Å². The highest BCUT2D eigenvalue weighted by Gasteiger charge is 2.45. The van der Waals surface area contributed by atoms with Gasteiger partial charge in [0.2, 0.25) is 0 Å². The van der Waals surface area contributed by atoms with Crippen molar-refractivity contribution in [1.29, 1.82) is 0 Å². The van der Waals surface area contributed by atoms with Crippen LogP contribution in [-0.2, 0) is 4.74 Å². The third-order valence-electron chi connectivity index (χ3n) is 6.58. The number of rotatable bonds is 3. The molecule has 2 aromatic carbocycles. The predicted molar refractivity (Wildman–Crippen MR) is 104 cm³/mol. The standard InChI is InChI=1S/C24H30O/c1-2-19-10-9-15-24(16-19)17-22(20-11-5-3-6-12-20)23(18-25-24)21-13-7-4-8-14-21/h3-8,11-14,19,22-23H,2,9-10,15-18H2,1H3/t19-,22+,23+,24?/m0/s1. The fourth-order valence-corrected chi connectivity index (χ4v) is 5.17. The molecule has 4 atom stereocenters. The molecule has 1 aliphatic heterocycles. The van der Waals surface area contributed by atoms with E-state index in [9.17, 15) is 0 Å². The van der Waals surface area contributed by atoms with Gasteiger partial charge in [-0.2, -0.15) is 0 Å². The van der Waals surface area contributed by atoms with Crippen LogP contribution in [0.25, 0.3) is 0 Å². The lowest BCUT2D eigenvalue weighted by molar-refractivity contribution is -0.125. The van der Waals surface area contributed by atoms with E-state index >= 15 is 0 Å². The number of hydrogen-bond donors (Lipinski definition) is 0. The van der Waals surface area contributed by atoms with E-state index in [1.807, 2.05) is 0 Å². The molecule has 1 saturated carbocycles. The van der Waals surface area contributed by atoms with Crippen LogP contribution in [0.3, 0.4) is 0 Å². The van der Waals surface area contributed by atoms with Gasteiger partial charge in [-0.15, -0.1) is 0 Å². The molecule has 0 amide bonds. The molecule has 0 aromatic heterocycles. The Kier molecular flexibility index (Phi) is 4.94. The summed E-state index contributed by atoms with van der Waals surface area (Å²) in [6, 6.07) is 22.1. The normalized spacial score (nSPS) is 32.6. The molecule has 4 rings (SSSR count). The van der Waals surface area contributed by atoms with Crippen LogP contribution in [0.1, 0.15) is 68.4 Å². The van der Waals surface area contributed by atoms with Gasteiger partial charge in [0.1, 0.15) is 0 Å². The second kappa shape index (κ2) is 7.33. The second-order valence-corrected chi connectivity index (χ2v) is 8.10. The lowest BCUT2D eigenvalue weighted by atomic mass is 9.67. The molecule has 0 N–H and O–H groups in total. The maximum absolute atomic E-state index is 6.66. The van der Waals surface area contributed by atoms with Gasteiger partial charge in [-0.1, -0.05) is 86.8 Å². The molecular weight excluding hydrogens is 304 g/mol. The van der Waals surface area contributed by atoms with Crippen LogP contribution >= 0.6 is 0 Å². The van der Waals surface area contributed by atoms with Crippen molar-refractivity contribution in [2.45, 2.75) is 62.9 Å². The minimum absolute atomic E-state index is 0.116. The zero-order chi connectivity index (χ0) is 17.1. The fraction of sp³-hybridized carbons (Fsp3) is 0.500. The van der Waals surface area contributed by atoms with Gasteiger partial charge < -0.3 is 4.74 Å². The van der Waals surface area contributed by atoms with Crippen molar-refractivity contribution in [3.8, 4) is 0 Å². The molecule has 132 valence electrons. The van der Waals surface area contributed by atoms with Crippen LogP contribution in [0.5, 0.6) is 0 Å².